The van der Waals surface area contributed by atoms with E-state index in [9.17, 15) is 4.79 Å². The standard InChI is InChI=1S/C24H35N3O/c1-17-9-10-23-22(15-17)25-24(28)27(23)20-11-13-26(14-12-20)16-19-7-4-6-18-5-2-3-8-21(18)19/h9-10,15,18-21H,2-8,11-14,16H2,1H3,(H,25,28). The topological polar surface area (TPSA) is 41.0 Å². The first-order valence-corrected chi connectivity index (χ1v) is 11.6. The van der Waals surface area contributed by atoms with Gasteiger partial charge in [0.25, 0.3) is 0 Å². The Morgan fingerprint density at radius 3 is 2.64 bits per heavy atom. The highest BCUT2D eigenvalue weighted by Crippen LogP contribution is 2.44. The van der Waals surface area contributed by atoms with Crippen molar-refractivity contribution in [3.63, 3.8) is 0 Å². The zero-order valence-electron chi connectivity index (χ0n) is 17.3. The fraction of sp³-hybridized carbons (Fsp3) is 0.708. The number of imidazole rings is 1. The Morgan fingerprint density at radius 1 is 1.00 bits per heavy atom. The molecular formula is C24H35N3O. The normalized spacial score (nSPS) is 29.8. The van der Waals surface area contributed by atoms with Gasteiger partial charge in [-0.1, -0.05) is 38.2 Å². The van der Waals surface area contributed by atoms with E-state index in [0.29, 0.717) is 6.04 Å². The first-order chi connectivity index (χ1) is 13.7. The van der Waals surface area contributed by atoms with Crippen molar-refractivity contribution in [1.82, 2.24) is 14.5 Å². The van der Waals surface area contributed by atoms with Gasteiger partial charge in [0, 0.05) is 25.7 Å². The van der Waals surface area contributed by atoms with Gasteiger partial charge in [-0.15, -0.1) is 0 Å². The van der Waals surface area contributed by atoms with Crippen molar-refractivity contribution >= 4 is 11.0 Å². The van der Waals surface area contributed by atoms with Gasteiger partial charge >= 0.3 is 5.69 Å². The van der Waals surface area contributed by atoms with Gasteiger partial charge in [-0.3, -0.25) is 4.57 Å². The van der Waals surface area contributed by atoms with Crippen molar-refractivity contribution in [3.05, 3.63) is 34.2 Å². The average molecular weight is 382 g/mol. The van der Waals surface area contributed by atoms with Crippen LogP contribution >= 0.6 is 0 Å². The van der Waals surface area contributed by atoms with E-state index < -0.39 is 0 Å². The Labute approximate surface area is 168 Å². The van der Waals surface area contributed by atoms with Gasteiger partial charge in [0.05, 0.1) is 11.0 Å². The molecule has 3 fully saturated rings. The molecule has 1 aliphatic heterocycles. The summed E-state index contributed by atoms with van der Waals surface area (Å²) in [6, 6.07) is 6.66. The molecule has 3 unspecified atom stereocenters. The van der Waals surface area contributed by atoms with Crippen molar-refractivity contribution in [2.75, 3.05) is 19.6 Å². The summed E-state index contributed by atoms with van der Waals surface area (Å²) in [5.74, 6) is 2.95. The fourth-order valence-corrected chi connectivity index (χ4v) is 6.60. The van der Waals surface area contributed by atoms with E-state index in [1.807, 2.05) is 4.57 Å². The van der Waals surface area contributed by atoms with Crippen molar-refractivity contribution < 1.29 is 0 Å². The molecule has 3 atom stereocenters. The van der Waals surface area contributed by atoms with Gasteiger partial charge in [0.1, 0.15) is 0 Å². The molecule has 1 N–H and O–H groups in total. The molecule has 28 heavy (non-hydrogen) atoms. The molecule has 0 spiro atoms. The van der Waals surface area contributed by atoms with Crippen LogP contribution in [0.15, 0.2) is 23.0 Å². The summed E-state index contributed by atoms with van der Waals surface area (Å²) < 4.78 is 2.03. The van der Waals surface area contributed by atoms with E-state index in [1.54, 1.807) is 0 Å². The highest BCUT2D eigenvalue weighted by Gasteiger charge is 2.36. The molecule has 0 bridgehead atoms. The number of benzene rings is 1. The molecule has 2 saturated carbocycles. The number of fused-ring (bicyclic) bond motifs is 2. The average Bonchev–Trinajstić information content (AvgIpc) is 3.04. The minimum absolute atomic E-state index is 0.0661. The molecule has 0 amide bonds. The zero-order valence-corrected chi connectivity index (χ0v) is 17.3. The van der Waals surface area contributed by atoms with Gasteiger partial charge in [0.15, 0.2) is 0 Å². The Kier molecular flexibility index (Phi) is 5.08. The summed E-state index contributed by atoms with van der Waals surface area (Å²) in [4.78, 5) is 18.4. The number of nitrogens with one attached hydrogen (secondary N) is 1. The largest absolute Gasteiger partial charge is 0.326 e. The number of H-pyrrole nitrogens is 1. The van der Waals surface area contributed by atoms with Crippen molar-refractivity contribution in [2.24, 2.45) is 17.8 Å². The number of hydrogen-bond acceptors (Lipinski definition) is 2. The lowest BCUT2D eigenvalue weighted by atomic mass is 9.65. The third kappa shape index (κ3) is 3.45. The fourth-order valence-electron chi connectivity index (χ4n) is 6.60. The molecule has 4 heteroatoms. The predicted molar refractivity (Wildman–Crippen MR) is 115 cm³/mol. The van der Waals surface area contributed by atoms with Crippen molar-refractivity contribution in [1.29, 1.82) is 0 Å². The maximum atomic E-state index is 12.6. The summed E-state index contributed by atoms with van der Waals surface area (Å²) >= 11 is 0. The molecule has 0 radical (unpaired) electrons. The molecule has 5 rings (SSSR count). The predicted octanol–water partition coefficient (Wildman–Crippen LogP) is 4.88. The van der Waals surface area contributed by atoms with Gasteiger partial charge < -0.3 is 9.88 Å². The van der Waals surface area contributed by atoms with E-state index in [2.05, 4.69) is 35.0 Å². The Morgan fingerprint density at radius 2 is 1.79 bits per heavy atom. The Balaban J connectivity index is 1.24. The third-order valence-corrected chi connectivity index (χ3v) is 8.01. The molecule has 2 aliphatic carbocycles. The highest BCUT2D eigenvalue weighted by atomic mass is 16.1. The number of hydrogen-bond donors (Lipinski definition) is 1. The maximum absolute atomic E-state index is 12.6. The number of nitrogens with zero attached hydrogens (tertiary/aromatic N) is 2. The smallest absolute Gasteiger partial charge is 0.306 e. The monoisotopic (exact) mass is 381 g/mol. The Bertz CT molecular complexity index is 872. The number of aryl methyl sites for hydroxylation is 1. The Hall–Kier alpha value is -1.55. The quantitative estimate of drug-likeness (QED) is 0.823. The molecule has 152 valence electrons. The molecule has 2 aromatic rings. The molecule has 1 aromatic heterocycles. The summed E-state index contributed by atoms with van der Waals surface area (Å²) in [6.07, 6.45) is 12.5. The molecular weight excluding hydrogens is 346 g/mol. The number of piperidine rings is 1. The van der Waals surface area contributed by atoms with E-state index in [-0.39, 0.29) is 5.69 Å². The lowest BCUT2D eigenvalue weighted by molar-refractivity contribution is 0.0614. The SMILES string of the molecule is Cc1ccc2c(c1)[nH]c(=O)n2C1CCN(CC2CCCC3CCCCC32)CC1. The van der Waals surface area contributed by atoms with Gasteiger partial charge in [0.2, 0.25) is 0 Å². The van der Waals surface area contributed by atoms with E-state index in [0.717, 1.165) is 54.7 Å². The second-order valence-electron chi connectivity index (χ2n) is 9.75. The summed E-state index contributed by atoms with van der Waals surface area (Å²) in [6.45, 7) is 5.67. The van der Waals surface area contributed by atoms with Crippen molar-refractivity contribution in [3.8, 4) is 0 Å². The van der Waals surface area contributed by atoms with Crippen molar-refractivity contribution in [2.45, 2.75) is 70.8 Å². The molecule has 3 aliphatic rings. The van der Waals surface area contributed by atoms with E-state index in [1.165, 1.54) is 57.1 Å². The second-order valence-corrected chi connectivity index (χ2v) is 9.75. The van der Waals surface area contributed by atoms with Gasteiger partial charge in [-0.2, -0.15) is 0 Å². The van der Waals surface area contributed by atoms with E-state index >= 15 is 0 Å². The molecule has 1 aromatic carbocycles. The number of likely N-dealkylation sites (tertiary alicyclic amines) is 1. The lowest BCUT2D eigenvalue weighted by Gasteiger charge is -2.44. The van der Waals surface area contributed by atoms with Crippen LogP contribution in [0.5, 0.6) is 0 Å². The number of aromatic nitrogens is 2. The number of aromatic amines is 1. The van der Waals surface area contributed by atoms with Crippen LogP contribution in [0, 0.1) is 24.7 Å². The summed E-state index contributed by atoms with van der Waals surface area (Å²) in [5.41, 5.74) is 3.32. The van der Waals surface area contributed by atoms with Crippen LogP contribution in [0.25, 0.3) is 11.0 Å². The molecule has 2 heterocycles. The van der Waals surface area contributed by atoms with Crippen LogP contribution < -0.4 is 5.69 Å². The molecule has 1 saturated heterocycles. The second kappa shape index (κ2) is 7.70. The first kappa shape index (κ1) is 18.5. The van der Waals surface area contributed by atoms with E-state index in [4.69, 9.17) is 0 Å². The zero-order chi connectivity index (χ0) is 19.1. The van der Waals surface area contributed by atoms with Gasteiger partial charge in [-0.05, 0) is 68.1 Å². The first-order valence-electron chi connectivity index (χ1n) is 11.6. The van der Waals surface area contributed by atoms with Gasteiger partial charge in [-0.25, -0.2) is 4.79 Å². The highest BCUT2D eigenvalue weighted by molar-refractivity contribution is 5.76. The summed E-state index contributed by atoms with van der Waals surface area (Å²) in [5, 5.41) is 0. The lowest BCUT2D eigenvalue weighted by Crippen LogP contribution is -2.43. The minimum atomic E-state index is 0.0661. The van der Waals surface area contributed by atoms with Crippen LogP contribution in [-0.4, -0.2) is 34.1 Å². The number of rotatable bonds is 3. The minimum Gasteiger partial charge on any atom is -0.306 e. The van der Waals surface area contributed by atoms with Crippen LogP contribution in [0.1, 0.15) is 69.4 Å². The summed E-state index contributed by atoms with van der Waals surface area (Å²) in [7, 11) is 0. The van der Waals surface area contributed by atoms with Crippen LogP contribution in [0.2, 0.25) is 0 Å². The van der Waals surface area contributed by atoms with Crippen LogP contribution in [0.3, 0.4) is 0 Å². The molecule has 4 nitrogen and oxygen atoms in total. The van der Waals surface area contributed by atoms with Crippen LogP contribution in [0.4, 0.5) is 0 Å². The third-order valence-electron chi connectivity index (χ3n) is 8.01. The van der Waals surface area contributed by atoms with Crippen LogP contribution in [-0.2, 0) is 0 Å². The maximum Gasteiger partial charge on any atom is 0.326 e.